The summed E-state index contributed by atoms with van der Waals surface area (Å²) < 4.78 is 0. The summed E-state index contributed by atoms with van der Waals surface area (Å²) in [5, 5.41) is 0. The topological polar surface area (TPSA) is 0 Å². The van der Waals surface area contributed by atoms with Crippen molar-refractivity contribution in [1.82, 2.24) is 0 Å². The van der Waals surface area contributed by atoms with E-state index in [1.165, 1.54) is 0 Å². The van der Waals surface area contributed by atoms with Gasteiger partial charge in [0.2, 0.25) is 0 Å². The average Bonchev–Trinajstić information content (AvgIpc) is 0.811. The summed E-state index contributed by atoms with van der Waals surface area (Å²) in [5.74, 6) is 0. The number of hydrogen-bond donors (Lipinski definition) is 0. The Balaban J connectivity index is 2.32. The molecule has 0 amide bonds. The van der Waals surface area contributed by atoms with E-state index in [-0.39, 0.29) is 0 Å². The summed E-state index contributed by atoms with van der Waals surface area (Å²) in [6.45, 7) is 0. The van der Waals surface area contributed by atoms with Crippen molar-refractivity contribution in [1.29, 1.82) is 0 Å². The Morgan fingerprint density at radius 1 is 1.00 bits per heavy atom. The van der Waals surface area contributed by atoms with Crippen molar-refractivity contribution in [2.45, 2.75) is 0 Å². The molecule has 0 aliphatic heterocycles. The summed E-state index contributed by atoms with van der Waals surface area (Å²) in [6, 6.07) is 0. The third kappa shape index (κ3) is 8.84. The Morgan fingerprint density at radius 2 is 1.00 bits per heavy atom. The van der Waals surface area contributed by atoms with Crippen LogP contribution in [0.15, 0.2) is 0 Å². The van der Waals surface area contributed by atoms with E-state index in [1.807, 2.05) is 0 Å². The Morgan fingerprint density at radius 3 is 1.00 bits per heavy atom. The minimum absolute atomic E-state index is 1.09. The maximum absolute atomic E-state index is 3.30. The molecule has 4 heteroatoms. The number of hydrogen-bond acceptors (Lipinski definition) is 0. The molecular weight excluding hydrogens is 449 g/mol. The fraction of sp³-hybridized carbons (Fsp3) is 0. The predicted molar refractivity (Wildman–Crippen MR) is 32.5 cm³/mol. The molecule has 4 heavy (non-hydrogen) atoms. The molecule has 0 fully saturated rings. The SMILES string of the molecule is [Br][Po]([Br])[Br]. The molecule has 0 N–H and O–H groups in total. The van der Waals surface area contributed by atoms with Crippen LogP contribution in [-0.4, -0.2) is 15.0 Å². The molecule has 0 heterocycles. The Labute approximate surface area is 50.4 Å². The van der Waals surface area contributed by atoms with Gasteiger partial charge in [0.05, 0.1) is 0 Å². The Bertz CT molecular complexity index is 8.00. The van der Waals surface area contributed by atoms with Gasteiger partial charge < -0.3 is 0 Å². The van der Waals surface area contributed by atoms with Crippen molar-refractivity contribution in [3.63, 3.8) is 0 Å². The van der Waals surface area contributed by atoms with Crippen LogP contribution in [0.5, 0.6) is 0 Å². The van der Waals surface area contributed by atoms with Gasteiger partial charge >= 0.3 is 51.4 Å². The van der Waals surface area contributed by atoms with E-state index in [2.05, 4.69) is 36.4 Å². The molecule has 0 saturated heterocycles. The summed E-state index contributed by atoms with van der Waals surface area (Å²) in [4.78, 5) is 0. The first-order valence-corrected chi connectivity index (χ1v) is 21.1. The van der Waals surface area contributed by atoms with Gasteiger partial charge in [0, 0.05) is 0 Å². The van der Waals surface area contributed by atoms with Crippen LogP contribution >= 0.6 is 36.4 Å². The third-order valence-electron chi connectivity index (χ3n) is 0. The van der Waals surface area contributed by atoms with E-state index in [4.69, 9.17) is 0 Å². The van der Waals surface area contributed by atoms with E-state index in [0.717, 1.165) is 0 Å². The number of halogens is 3. The van der Waals surface area contributed by atoms with Gasteiger partial charge in [0.1, 0.15) is 0 Å². The van der Waals surface area contributed by atoms with Crippen molar-refractivity contribution in [3.8, 4) is 0 Å². The van der Waals surface area contributed by atoms with Crippen molar-refractivity contribution < 1.29 is 0 Å². The Hall–Kier alpha value is 2.34. The first kappa shape index (κ1) is 6.34. The van der Waals surface area contributed by atoms with Gasteiger partial charge in [0.15, 0.2) is 0 Å². The molecule has 0 spiro atoms. The molecule has 0 bridgehead atoms. The molecule has 0 aromatic rings. The third-order valence-corrected chi connectivity index (χ3v) is 0. The van der Waals surface area contributed by atoms with Crippen LogP contribution in [0.2, 0.25) is 0 Å². The van der Waals surface area contributed by atoms with Crippen LogP contribution in [-0.2, 0) is 0 Å². The first-order chi connectivity index (χ1) is 1.73. The minimum atomic E-state index is -1.09. The normalized spacial score (nSPS) is 9.00. The average molecular weight is 449 g/mol. The fourth-order valence-electron chi connectivity index (χ4n) is 0. The van der Waals surface area contributed by atoms with Crippen LogP contribution in [0.25, 0.3) is 0 Å². The standard InChI is InChI=1S/3BrH.Po/h3*1H;/q;;;+3/p-3. The van der Waals surface area contributed by atoms with Crippen LogP contribution in [0.4, 0.5) is 0 Å². The van der Waals surface area contributed by atoms with E-state index in [0.29, 0.717) is 0 Å². The summed E-state index contributed by atoms with van der Waals surface area (Å²) in [6.07, 6.45) is 0. The van der Waals surface area contributed by atoms with Crippen LogP contribution in [0.1, 0.15) is 0 Å². The molecule has 0 aromatic carbocycles. The number of rotatable bonds is 0. The van der Waals surface area contributed by atoms with Gasteiger partial charge in [-0.15, -0.1) is 0 Å². The Kier molecular flexibility index (Phi) is 5.58. The predicted octanol–water partition coefficient (Wildman–Crippen LogP) is 2.16. The van der Waals surface area contributed by atoms with Crippen molar-refractivity contribution in [3.05, 3.63) is 0 Å². The zero-order valence-corrected chi connectivity index (χ0v) is 9.47. The van der Waals surface area contributed by atoms with Crippen LogP contribution < -0.4 is 0 Å². The molecular formula is Br3Po. The van der Waals surface area contributed by atoms with Gasteiger partial charge in [0.25, 0.3) is 0 Å². The molecule has 0 saturated carbocycles. The summed E-state index contributed by atoms with van der Waals surface area (Å²) in [7, 11) is 0. The fourth-order valence-corrected chi connectivity index (χ4v) is 0. The molecule has 0 atom stereocenters. The van der Waals surface area contributed by atoms with Gasteiger partial charge in [-0.3, -0.25) is 0 Å². The summed E-state index contributed by atoms with van der Waals surface area (Å²) >= 11 is 8.81. The second-order valence-electron chi connectivity index (χ2n) is 0.175. The molecule has 0 rings (SSSR count). The molecule has 0 aliphatic rings. The van der Waals surface area contributed by atoms with Gasteiger partial charge in [-0.2, -0.15) is 0 Å². The molecule has 0 aromatic heterocycles. The van der Waals surface area contributed by atoms with E-state index in [1.54, 1.807) is 0 Å². The van der Waals surface area contributed by atoms with E-state index in [9.17, 15) is 0 Å². The van der Waals surface area contributed by atoms with Crippen LogP contribution in [0, 0.1) is 0 Å². The van der Waals surface area contributed by atoms with Crippen LogP contribution in [0.3, 0.4) is 0 Å². The van der Waals surface area contributed by atoms with Crippen molar-refractivity contribution >= 4 is 51.4 Å². The molecule has 1 radical (unpaired) electrons. The maximum atomic E-state index is 3.30. The molecule has 0 aliphatic carbocycles. The second-order valence-corrected chi connectivity index (χ2v) is 41.5. The molecule has 27 valence electrons. The monoisotopic (exact) mass is 446 g/mol. The second kappa shape index (κ2) is 3.52. The molecule has 0 nitrogen and oxygen atoms in total. The first-order valence-electron chi connectivity index (χ1n) is 0.463. The van der Waals surface area contributed by atoms with Gasteiger partial charge in [-0.05, 0) is 0 Å². The zero-order valence-electron chi connectivity index (χ0n) is 1.54. The van der Waals surface area contributed by atoms with E-state index < -0.39 is 15.0 Å². The van der Waals surface area contributed by atoms with Crippen molar-refractivity contribution in [2.24, 2.45) is 0 Å². The van der Waals surface area contributed by atoms with Gasteiger partial charge in [-0.1, -0.05) is 0 Å². The van der Waals surface area contributed by atoms with Crippen molar-refractivity contribution in [2.75, 3.05) is 0 Å². The zero-order chi connectivity index (χ0) is 3.58. The van der Waals surface area contributed by atoms with E-state index >= 15 is 0 Å². The quantitative estimate of drug-likeness (QED) is 0.533. The van der Waals surface area contributed by atoms with Gasteiger partial charge in [-0.25, -0.2) is 0 Å². The molecule has 0 unspecified atom stereocenters. The summed E-state index contributed by atoms with van der Waals surface area (Å²) in [5.41, 5.74) is 0.